The Morgan fingerprint density at radius 3 is 2.50 bits per heavy atom. The number of carboxylic acid groups (broad SMARTS) is 1. The molecule has 0 atom stereocenters. The summed E-state index contributed by atoms with van der Waals surface area (Å²) in [5.74, 6) is -0.390. The van der Waals surface area contributed by atoms with E-state index in [0.29, 0.717) is 6.54 Å². The zero-order valence-electron chi connectivity index (χ0n) is 11.2. The summed E-state index contributed by atoms with van der Waals surface area (Å²) in [4.78, 5) is 24.4. The second-order valence-electron chi connectivity index (χ2n) is 5.12. The van der Waals surface area contributed by atoms with E-state index in [-0.39, 0.29) is 12.3 Å². The third-order valence-corrected chi connectivity index (χ3v) is 2.97. The summed E-state index contributed by atoms with van der Waals surface area (Å²) >= 11 is 0. The van der Waals surface area contributed by atoms with Crippen molar-refractivity contribution in [2.75, 3.05) is 7.05 Å². The number of carbonyl (C=O) groups is 2. The minimum Gasteiger partial charge on any atom is -0.481 e. The molecule has 0 aliphatic carbocycles. The Kier molecular flexibility index (Phi) is 4.16. The predicted octanol–water partition coefficient (Wildman–Crippen LogP) is 2.05. The first-order chi connectivity index (χ1) is 8.24. The SMILES string of the molecule is Cc1occc1CN(C)C(=O)CC(C)(C)C(=O)O. The molecule has 1 heterocycles. The van der Waals surface area contributed by atoms with Crippen LogP contribution in [0.4, 0.5) is 0 Å². The molecule has 0 aromatic carbocycles. The highest BCUT2D eigenvalue weighted by Gasteiger charge is 2.31. The lowest BCUT2D eigenvalue weighted by Gasteiger charge is -2.23. The maximum Gasteiger partial charge on any atom is 0.309 e. The van der Waals surface area contributed by atoms with Gasteiger partial charge in [-0.15, -0.1) is 0 Å². The van der Waals surface area contributed by atoms with Crippen molar-refractivity contribution in [1.29, 1.82) is 0 Å². The highest BCUT2D eigenvalue weighted by Crippen LogP contribution is 2.22. The van der Waals surface area contributed by atoms with Gasteiger partial charge in [0.2, 0.25) is 5.91 Å². The minimum atomic E-state index is -1.04. The van der Waals surface area contributed by atoms with Crippen molar-refractivity contribution in [3.8, 4) is 0 Å². The molecular formula is C13H19NO4. The Morgan fingerprint density at radius 1 is 1.44 bits per heavy atom. The molecule has 0 unspecified atom stereocenters. The van der Waals surface area contributed by atoms with Crippen LogP contribution in [0.1, 0.15) is 31.6 Å². The van der Waals surface area contributed by atoms with Crippen molar-refractivity contribution >= 4 is 11.9 Å². The summed E-state index contributed by atoms with van der Waals surface area (Å²) in [6.07, 6.45) is 1.56. The van der Waals surface area contributed by atoms with Gasteiger partial charge in [0.25, 0.3) is 0 Å². The van der Waals surface area contributed by atoms with Crippen LogP contribution < -0.4 is 0 Å². The molecule has 18 heavy (non-hydrogen) atoms. The topological polar surface area (TPSA) is 70.8 Å². The van der Waals surface area contributed by atoms with Crippen LogP contribution in [0.15, 0.2) is 16.7 Å². The number of aliphatic carboxylic acids is 1. The summed E-state index contributed by atoms with van der Waals surface area (Å²) < 4.78 is 5.15. The van der Waals surface area contributed by atoms with Gasteiger partial charge in [-0.25, -0.2) is 0 Å². The number of carbonyl (C=O) groups excluding carboxylic acids is 1. The summed E-state index contributed by atoms with van der Waals surface area (Å²) in [7, 11) is 1.66. The van der Waals surface area contributed by atoms with E-state index < -0.39 is 11.4 Å². The first-order valence-electron chi connectivity index (χ1n) is 5.74. The monoisotopic (exact) mass is 253 g/mol. The molecule has 0 spiro atoms. The number of carboxylic acids is 1. The van der Waals surface area contributed by atoms with Crippen molar-refractivity contribution < 1.29 is 19.1 Å². The van der Waals surface area contributed by atoms with E-state index in [4.69, 9.17) is 9.52 Å². The molecule has 0 radical (unpaired) electrons. The molecule has 1 rings (SSSR count). The van der Waals surface area contributed by atoms with Crippen molar-refractivity contribution in [3.05, 3.63) is 23.7 Å². The molecule has 1 aromatic rings. The largest absolute Gasteiger partial charge is 0.481 e. The lowest BCUT2D eigenvalue weighted by molar-refractivity contribution is -0.151. The fourth-order valence-electron chi connectivity index (χ4n) is 1.51. The smallest absolute Gasteiger partial charge is 0.309 e. The number of hydrogen-bond acceptors (Lipinski definition) is 3. The molecule has 100 valence electrons. The maximum absolute atomic E-state index is 11.9. The van der Waals surface area contributed by atoms with E-state index in [1.54, 1.807) is 33.2 Å². The predicted molar refractivity (Wildman–Crippen MR) is 66.0 cm³/mol. The summed E-state index contributed by atoms with van der Waals surface area (Å²) in [5, 5.41) is 8.99. The lowest BCUT2D eigenvalue weighted by Crippen LogP contribution is -2.34. The molecule has 1 N–H and O–H groups in total. The standard InChI is InChI=1S/C13H19NO4/c1-9-10(5-6-18-9)8-14(4)11(15)7-13(2,3)12(16)17/h5-6H,7-8H2,1-4H3,(H,16,17). The number of amides is 1. The van der Waals surface area contributed by atoms with E-state index in [1.165, 1.54) is 4.90 Å². The van der Waals surface area contributed by atoms with E-state index in [2.05, 4.69) is 0 Å². The van der Waals surface area contributed by atoms with E-state index in [9.17, 15) is 9.59 Å². The second-order valence-corrected chi connectivity index (χ2v) is 5.12. The van der Waals surface area contributed by atoms with Crippen LogP contribution in [0.25, 0.3) is 0 Å². The zero-order valence-corrected chi connectivity index (χ0v) is 11.2. The third kappa shape index (κ3) is 3.35. The molecule has 1 amide bonds. The van der Waals surface area contributed by atoms with Gasteiger partial charge in [-0.1, -0.05) is 0 Å². The first kappa shape index (κ1) is 14.3. The van der Waals surface area contributed by atoms with Gasteiger partial charge in [0.15, 0.2) is 0 Å². The summed E-state index contributed by atoms with van der Waals surface area (Å²) in [6, 6.07) is 1.81. The Bertz CT molecular complexity index is 448. The van der Waals surface area contributed by atoms with Crippen LogP contribution in [0, 0.1) is 12.3 Å². The minimum absolute atomic E-state index is 0.0181. The number of nitrogens with zero attached hydrogens (tertiary/aromatic N) is 1. The lowest BCUT2D eigenvalue weighted by atomic mass is 9.89. The number of aryl methyl sites for hydroxylation is 1. The quantitative estimate of drug-likeness (QED) is 0.871. The number of rotatable bonds is 5. The van der Waals surface area contributed by atoms with Crippen LogP contribution in [-0.2, 0) is 16.1 Å². The highest BCUT2D eigenvalue weighted by atomic mass is 16.4. The summed E-state index contributed by atoms with van der Waals surface area (Å²) in [6.45, 7) is 5.35. The van der Waals surface area contributed by atoms with Crippen molar-refractivity contribution in [1.82, 2.24) is 4.90 Å². The molecule has 5 nitrogen and oxygen atoms in total. The molecule has 5 heteroatoms. The zero-order chi connectivity index (χ0) is 13.9. The molecule has 0 fully saturated rings. The van der Waals surface area contributed by atoms with Crippen molar-refractivity contribution in [2.24, 2.45) is 5.41 Å². The van der Waals surface area contributed by atoms with Gasteiger partial charge in [0.05, 0.1) is 11.7 Å². The molecule has 0 aliphatic rings. The first-order valence-corrected chi connectivity index (χ1v) is 5.74. The molecule has 1 aromatic heterocycles. The Hall–Kier alpha value is -1.78. The Morgan fingerprint density at radius 2 is 2.06 bits per heavy atom. The maximum atomic E-state index is 11.9. The second kappa shape index (κ2) is 5.25. The van der Waals surface area contributed by atoms with Gasteiger partial charge in [-0.2, -0.15) is 0 Å². The summed E-state index contributed by atoms with van der Waals surface area (Å²) in [5.41, 5.74) is -0.115. The van der Waals surface area contributed by atoms with Crippen LogP contribution in [0.2, 0.25) is 0 Å². The molecular weight excluding hydrogens is 234 g/mol. The average Bonchev–Trinajstić information content (AvgIpc) is 2.63. The van der Waals surface area contributed by atoms with Gasteiger partial charge in [-0.3, -0.25) is 9.59 Å². The third-order valence-electron chi connectivity index (χ3n) is 2.97. The Labute approximate surface area is 106 Å². The molecule has 0 aliphatic heterocycles. The van der Waals surface area contributed by atoms with Gasteiger partial charge < -0.3 is 14.4 Å². The van der Waals surface area contributed by atoms with Crippen LogP contribution in [-0.4, -0.2) is 28.9 Å². The van der Waals surface area contributed by atoms with Crippen molar-refractivity contribution in [2.45, 2.75) is 33.7 Å². The normalized spacial score (nSPS) is 11.3. The average molecular weight is 253 g/mol. The van der Waals surface area contributed by atoms with E-state index >= 15 is 0 Å². The van der Waals surface area contributed by atoms with Gasteiger partial charge in [0.1, 0.15) is 5.76 Å². The van der Waals surface area contributed by atoms with Crippen LogP contribution >= 0.6 is 0 Å². The van der Waals surface area contributed by atoms with Gasteiger partial charge >= 0.3 is 5.97 Å². The Balaban J connectivity index is 2.63. The number of hydrogen-bond donors (Lipinski definition) is 1. The van der Waals surface area contributed by atoms with Crippen LogP contribution in [0.3, 0.4) is 0 Å². The van der Waals surface area contributed by atoms with Crippen LogP contribution in [0.5, 0.6) is 0 Å². The van der Waals surface area contributed by atoms with Gasteiger partial charge in [-0.05, 0) is 26.8 Å². The van der Waals surface area contributed by atoms with Crippen molar-refractivity contribution in [3.63, 3.8) is 0 Å². The van der Waals surface area contributed by atoms with Gasteiger partial charge in [0, 0.05) is 25.6 Å². The fraction of sp³-hybridized carbons (Fsp3) is 0.538. The number of furan rings is 1. The molecule has 0 saturated heterocycles. The molecule has 0 saturated carbocycles. The highest BCUT2D eigenvalue weighted by molar-refractivity contribution is 5.84. The molecule has 0 bridgehead atoms. The van der Waals surface area contributed by atoms with E-state index in [1.807, 2.05) is 6.92 Å². The van der Waals surface area contributed by atoms with E-state index in [0.717, 1.165) is 11.3 Å². The fourth-order valence-corrected chi connectivity index (χ4v) is 1.51.